The molecule has 0 saturated carbocycles. The highest BCUT2D eigenvalue weighted by molar-refractivity contribution is 5.55. The summed E-state index contributed by atoms with van der Waals surface area (Å²) in [5, 5.41) is 8.38. The number of hydrogen-bond acceptors (Lipinski definition) is 1. The second-order valence-electron chi connectivity index (χ2n) is 3.24. The number of benzene rings is 1. The molecule has 0 aliphatic rings. The molecule has 0 unspecified atom stereocenters. The van der Waals surface area contributed by atoms with Gasteiger partial charge in [-0.3, -0.25) is 0 Å². The molecule has 0 amide bonds. The molecule has 0 fully saturated rings. The van der Waals surface area contributed by atoms with Gasteiger partial charge in [-0.15, -0.1) is 0 Å². The maximum atomic E-state index is 8.38. The Labute approximate surface area is 79.3 Å². The van der Waals surface area contributed by atoms with Crippen LogP contribution in [0.1, 0.15) is 22.3 Å². The summed E-state index contributed by atoms with van der Waals surface area (Å²) in [7, 11) is 0. The van der Waals surface area contributed by atoms with Gasteiger partial charge in [-0.25, -0.2) is 0 Å². The van der Waals surface area contributed by atoms with Gasteiger partial charge in [0.25, 0.3) is 0 Å². The Kier molecular flexibility index (Phi) is 2.87. The maximum absolute atomic E-state index is 8.38. The van der Waals surface area contributed by atoms with Crippen LogP contribution in [0.15, 0.2) is 18.2 Å². The molecule has 0 aliphatic heterocycles. The van der Waals surface area contributed by atoms with Gasteiger partial charge in [0.05, 0.1) is 6.07 Å². The average Bonchev–Trinajstić information content (AvgIpc) is 2.10. The minimum absolute atomic E-state index is 1.10. The highest BCUT2D eigenvalue weighted by Gasteiger charge is 1.97. The predicted octanol–water partition coefficient (Wildman–Crippen LogP) is 3.15. The molecule has 13 heavy (non-hydrogen) atoms. The van der Waals surface area contributed by atoms with E-state index in [2.05, 4.69) is 32.9 Å². The van der Waals surface area contributed by atoms with Crippen molar-refractivity contribution < 1.29 is 0 Å². The molecule has 0 aliphatic carbocycles. The van der Waals surface area contributed by atoms with Crippen molar-refractivity contribution in [2.24, 2.45) is 0 Å². The van der Waals surface area contributed by atoms with Crippen molar-refractivity contribution in [2.45, 2.75) is 20.8 Å². The lowest BCUT2D eigenvalue weighted by Gasteiger charge is -2.05. The molecule has 1 heteroatoms. The molecule has 0 radical (unpaired) electrons. The number of hydrogen-bond donors (Lipinski definition) is 0. The molecular weight excluding hydrogens is 158 g/mol. The summed E-state index contributed by atoms with van der Waals surface area (Å²) in [4.78, 5) is 0. The molecule has 1 nitrogen and oxygen atoms in total. The zero-order valence-corrected chi connectivity index (χ0v) is 8.26. The van der Waals surface area contributed by atoms with Crippen molar-refractivity contribution in [3.8, 4) is 6.07 Å². The Hall–Kier alpha value is -1.55. The van der Waals surface area contributed by atoms with Gasteiger partial charge in [-0.2, -0.15) is 5.26 Å². The normalized spacial score (nSPS) is 10.3. The van der Waals surface area contributed by atoms with E-state index in [0.29, 0.717) is 0 Å². The summed E-state index contributed by atoms with van der Waals surface area (Å²) < 4.78 is 0. The molecule has 1 rings (SSSR count). The van der Waals surface area contributed by atoms with Crippen LogP contribution in [0.3, 0.4) is 0 Å². The first-order valence-corrected chi connectivity index (χ1v) is 4.29. The lowest BCUT2D eigenvalue weighted by Crippen LogP contribution is -1.87. The van der Waals surface area contributed by atoms with Crippen LogP contribution in [0, 0.1) is 32.1 Å². The highest BCUT2D eigenvalue weighted by Crippen LogP contribution is 2.16. The van der Waals surface area contributed by atoms with Crippen molar-refractivity contribution in [2.75, 3.05) is 0 Å². The lowest BCUT2D eigenvalue weighted by atomic mass is 10.0. The van der Waals surface area contributed by atoms with Crippen molar-refractivity contribution in [1.29, 1.82) is 5.26 Å². The quantitative estimate of drug-likeness (QED) is 0.595. The van der Waals surface area contributed by atoms with Crippen LogP contribution in [0.25, 0.3) is 6.08 Å². The van der Waals surface area contributed by atoms with Crippen LogP contribution in [0.2, 0.25) is 0 Å². The van der Waals surface area contributed by atoms with E-state index in [1.807, 2.05) is 12.1 Å². The lowest BCUT2D eigenvalue weighted by molar-refractivity contribution is 1.26. The molecule has 1 aromatic rings. The molecule has 0 atom stereocenters. The zero-order valence-electron chi connectivity index (χ0n) is 8.26. The van der Waals surface area contributed by atoms with Crippen LogP contribution in [-0.2, 0) is 0 Å². The van der Waals surface area contributed by atoms with E-state index >= 15 is 0 Å². The molecule has 0 aromatic heterocycles. The molecule has 1 aromatic carbocycles. The summed E-state index contributed by atoms with van der Waals surface area (Å²) >= 11 is 0. The summed E-state index contributed by atoms with van der Waals surface area (Å²) in [5.74, 6) is 0. The Bertz CT molecular complexity index is 358. The van der Waals surface area contributed by atoms with Crippen molar-refractivity contribution in [1.82, 2.24) is 0 Å². The van der Waals surface area contributed by atoms with Gasteiger partial charge in [0.15, 0.2) is 0 Å². The van der Waals surface area contributed by atoms with Crippen molar-refractivity contribution in [3.63, 3.8) is 0 Å². The van der Waals surface area contributed by atoms with Crippen LogP contribution in [0.4, 0.5) is 0 Å². The summed E-state index contributed by atoms with van der Waals surface area (Å²) in [6, 6.07) is 6.18. The second kappa shape index (κ2) is 3.91. The van der Waals surface area contributed by atoms with E-state index in [-0.39, 0.29) is 0 Å². The van der Waals surface area contributed by atoms with Gasteiger partial charge < -0.3 is 0 Å². The summed E-state index contributed by atoms with van der Waals surface area (Å²) in [6.07, 6.45) is 3.34. The number of aryl methyl sites for hydroxylation is 2. The largest absolute Gasteiger partial charge is 0.193 e. The first-order valence-electron chi connectivity index (χ1n) is 4.29. The van der Waals surface area contributed by atoms with Crippen molar-refractivity contribution >= 4 is 6.08 Å². The highest BCUT2D eigenvalue weighted by atomic mass is 14.2. The molecule has 0 N–H and O–H groups in total. The minimum Gasteiger partial charge on any atom is -0.193 e. The Morgan fingerprint density at radius 3 is 2.15 bits per heavy atom. The monoisotopic (exact) mass is 171 g/mol. The van der Waals surface area contributed by atoms with E-state index in [1.165, 1.54) is 22.8 Å². The van der Waals surface area contributed by atoms with Crippen molar-refractivity contribution in [3.05, 3.63) is 40.5 Å². The standard InChI is InChI=1S/C12H13N/c1-9-7-12(5-4-6-13)8-10(2)11(9)3/h4-5,7-8H,1-3H3/b5-4+. The first kappa shape index (κ1) is 9.54. The van der Waals surface area contributed by atoms with Gasteiger partial charge in [0.2, 0.25) is 0 Å². The summed E-state index contributed by atoms with van der Waals surface area (Å²) in [5.41, 5.74) is 4.98. The van der Waals surface area contributed by atoms with Crippen LogP contribution in [0.5, 0.6) is 0 Å². The van der Waals surface area contributed by atoms with Gasteiger partial charge >= 0.3 is 0 Å². The third-order valence-electron chi connectivity index (χ3n) is 2.30. The minimum atomic E-state index is 1.10. The number of allylic oxidation sites excluding steroid dienone is 1. The SMILES string of the molecule is Cc1cc(/C=C/C#N)cc(C)c1C. The van der Waals surface area contributed by atoms with Crippen LogP contribution >= 0.6 is 0 Å². The van der Waals surface area contributed by atoms with Gasteiger partial charge in [0.1, 0.15) is 0 Å². The first-order chi connectivity index (χ1) is 6.15. The smallest absolute Gasteiger partial charge is 0.0912 e. The number of nitriles is 1. The maximum Gasteiger partial charge on any atom is 0.0912 e. The van der Waals surface area contributed by atoms with E-state index in [9.17, 15) is 0 Å². The average molecular weight is 171 g/mol. The van der Waals surface area contributed by atoms with E-state index in [0.717, 1.165) is 5.56 Å². The Morgan fingerprint density at radius 2 is 1.69 bits per heavy atom. The predicted molar refractivity (Wildman–Crippen MR) is 55.3 cm³/mol. The molecule has 0 saturated heterocycles. The molecular formula is C12H13N. The Morgan fingerprint density at radius 1 is 1.15 bits per heavy atom. The summed E-state index contributed by atoms with van der Waals surface area (Å²) in [6.45, 7) is 6.29. The number of nitrogens with zero attached hydrogens (tertiary/aromatic N) is 1. The topological polar surface area (TPSA) is 23.8 Å². The van der Waals surface area contributed by atoms with E-state index < -0.39 is 0 Å². The molecule has 0 heterocycles. The fraction of sp³-hybridized carbons (Fsp3) is 0.250. The fourth-order valence-electron chi connectivity index (χ4n) is 1.30. The van der Waals surface area contributed by atoms with Gasteiger partial charge in [-0.05, 0) is 49.1 Å². The third kappa shape index (κ3) is 2.19. The molecule has 66 valence electrons. The molecule has 0 bridgehead atoms. The third-order valence-corrected chi connectivity index (χ3v) is 2.30. The van der Waals surface area contributed by atoms with Gasteiger partial charge in [0, 0.05) is 6.08 Å². The van der Waals surface area contributed by atoms with Crippen LogP contribution < -0.4 is 0 Å². The second-order valence-corrected chi connectivity index (χ2v) is 3.24. The number of rotatable bonds is 1. The van der Waals surface area contributed by atoms with E-state index in [1.54, 1.807) is 0 Å². The van der Waals surface area contributed by atoms with Crippen LogP contribution in [-0.4, -0.2) is 0 Å². The Balaban J connectivity index is 3.15. The van der Waals surface area contributed by atoms with E-state index in [4.69, 9.17) is 5.26 Å². The van der Waals surface area contributed by atoms with Gasteiger partial charge in [-0.1, -0.05) is 12.1 Å². The zero-order chi connectivity index (χ0) is 9.84. The fourth-order valence-corrected chi connectivity index (χ4v) is 1.30. The molecule has 0 spiro atoms.